The first-order valence-electron chi connectivity index (χ1n) is 8.12. The standard InChI is InChI=1S/C16H12F13N3O/c1-32(2)9-5-3-8(4-6-9)7-30-31-10(33)11(17,18)12(19,20)13(21,22)14(23,24)15(25,26)16(27,28)29/h3-7H,1-2H3,(H,31,33)/b30-7-. The number of carbonyl (C=O) groups excluding carboxylic acids is 1. The molecule has 0 heterocycles. The molecule has 0 spiro atoms. The Bertz CT molecular complexity index is 877. The molecule has 17 heteroatoms. The van der Waals surface area contributed by atoms with Crippen LogP contribution in [0.3, 0.4) is 0 Å². The normalized spacial score (nSPS) is 14.5. The third-order valence-corrected chi connectivity index (χ3v) is 4.01. The molecule has 1 rings (SSSR count). The van der Waals surface area contributed by atoms with Crippen LogP contribution in [0.4, 0.5) is 62.8 Å². The van der Waals surface area contributed by atoms with Gasteiger partial charge in [0.1, 0.15) is 0 Å². The molecule has 188 valence electrons. The fourth-order valence-corrected chi connectivity index (χ4v) is 2.01. The van der Waals surface area contributed by atoms with E-state index in [4.69, 9.17) is 0 Å². The smallest absolute Gasteiger partial charge is 0.378 e. The molecule has 0 fully saturated rings. The Morgan fingerprint density at radius 3 is 1.58 bits per heavy atom. The lowest BCUT2D eigenvalue weighted by Crippen LogP contribution is -2.71. The van der Waals surface area contributed by atoms with E-state index in [2.05, 4.69) is 5.10 Å². The van der Waals surface area contributed by atoms with Gasteiger partial charge in [-0.25, -0.2) is 5.43 Å². The fraction of sp³-hybridized carbons (Fsp3) is 0.500. The molecule has 0 aliphatic rings. The van der Waals surface area contributed by atoms with E-state index >= 15 is 0 Å². The molecule has 1 amide bonds. The van der Waals surface area contributed by atoms with Crippen LogP contribution in [-0.2, 0) is 4.79 Å². The summed E-state index contributed by atoms with van der Waals surface area (Å²) in [6, 6.07) is 5.36. The van der Waals surface area contributed by atoms with E-state index in [-0.39, 0.29) is 5.56 Å². The first kappa shape index (κ1) is 28.3. The second-order valence-corrected chi connectivity index (χ2v) is 6.55. The van der Waals surface area contributed by atoms with E-state index in [9.17, 15) is 61.9 Å². The van der Waals surface area contributed by atoms with Crippen molar-refractivity contribution >= 4 is 17.8 Å². The maximum absolute atomic E-state index is 13.6. The Hall–Kier alpha value is -2.75. The molecule has 4 nitrogen and oxygen atoms in total. The number of anilines is 1. The SMILES string of the molecule is CN(C)c1ccc(/C=N\NC(=O)C(F)(F)C(F)(F)C(F)(F)C(F)(F)C(F)(F)C(F)(F)F)cc1. The summed E-state index contributed by atoms with van der Waals surface area (Å²) in [5.74, 6) is -42.1. The van der Waals surface area contributed by atoms with Gasteiger partial charge in [0.25, 0.3) is 0 Å². The zero-order valence-electron chi connectivity index (χ0n) is 16.1. The van der Waals surface area contributed by atoms with Gasteiger partial charge in [0.05, 0.1) is 6.21 Å². The average Bonchev–Trinajstić information content (AvgIpc) is 2.66. The van der Waals surface area contributed by atoms with Crippen molar-refractivity contribution in [2.24, 2.45) is 5.10 Å². The first-order valence-corrected chi connectivity index (χ1v) is 8.12. The summed E-state index contributed by atoms with van der Waals surface area (Å²) >= 11 is 0. The summed E-state index contributed by atoms with van der Waals surface area (Å²) in [4.78, 5) is 12.8. The highest BCUT2D eigenvalue weighted by Gasteiger charge is 2.91. The fourth-order valence-electron chi connectivity index (χ4n) is 2.01. The Balaban J connectivity index is 3.18. The number of hydrogen-bond donors (Lipinski definition) is 1. The number of rotatable bonds is 8. The maximum Gasteiger partial charge on any atom is 0.460 e. The van der Waals surface area contributed by atoms with Gasteiger partial charge >= 0.3 is 41.7 Å². The molecule has 0 aliphatic carbocycles. The summed E-state index contributed by atoms with van der Waals surface area (Å²) < 4.78 is 169. The quantitative estimate of drug-likeness (QED) is 0.307. The van der Waals surface area contributed by atoms with Crippen LogP contribution < -0.4 is 10.3 Å². The van der Waals surface area contributed by atoms with E-state index < -0.39 is 41.7 Å². The van der Waals surface area contributed by atoms with Crippen LogP contribution in [0.5, 0.6) is 0 Å². The van der Waals surface area contributed by atoms with Crippen molar-refractivity contribution in [3.8, 4) is 0 Å². The van der Waals surface area contributed by atoms with Crippen molar-refractivity contribution in [3.63, 3.8) is 0 Å². The topological polar surface area (TPSA) is 44.7 Å². The van der Waals surface area contributed by atoms with Crippen LogP contribution in [0.1, 0.15) is 5.56 Å². The summed E-state index contributed by atoms with van der Waals surface area (Å²) in [6.45, 7) is 0. The van der Waals surface area contributed by atoms with Gasteiger partial charge in [-0.05, 0) is 17.7 Å². The van der Waals surface area contributed by atoms with Crippen molar-refractivity contribution < 1.29 is 61.9 Å². The largest absolute Gasteiger partial charge is 0.460 e. The average molecular weight is 509 g/mol. The van der Waals surface area contributed by atoms with Gasteiger partial charge in [-0.1, -0.05) is 12.1 Å². The van der Waals surface area contributed by atoms with Crippen LogP contribution in [0.25, 0.3) is 0 Å². The minimum absolute atomic E-state index is 0.0256. The minimum Gasteiger partial charge on any atom is -0.378 e. The molecular weight excluding hydrogens is 497 g/mol. The summed E-state index contributed by atoms with van der Waals surface area (Å²) in [7, 11) is 3.27. The molecular formula is C16H12F13N3O. The van der Waals surface area contributed by atoms with Gasteiger partial charge in [-0.3, -0.25) is 4.79 Å². The van der Waals surface area contributed by atoms with Gasteiger partial charge in [-0.15, -0.1) is 0 Å². The molecule has 0 radical (unpaired) electrons. The van der Waals surface area contributed by atoms with Crippen LogP contribution in [-0.4, -0.2) is 62.0 Å². The zero-order valence-corrected chi connectivity index (χ0v) is 16.1. The number of carbonyl (C=O) groups is 1. The molecule has 1 N–H and O–H groups in total. The number of benzene rings is 1. The maximum atomic E-state index is 13.6. The Kier molecular flexibility index (Phi) is 7.33. The molecule has 0 saturated carbocycles. The number of amides is 1. The number of nitrogens with one attached hydrogen (secondary N) is 1. The van der Waals surface area contributed by atoms with E-state index in [1.54, 1.807) is 19.0 Å². The minimum atomic E-state index is -8.08. The summed E-state index contributed by atoms with van der Waals surface area (Å²) in [6.07, 6.45) is -7.00. The Morgan fingerprint density at radius 2 is 1.18 bits per heavy atom. The molecule has 1 aromatic carbocycles. The molecule has 0 unspecified atom stereocenters. The molecule has 0 atom stereocenters. The van der Waals surface area contributed by atoms with E-state index in [1.165, 1.54) is 24.3 Å². The monoisotopic (exact) mass is 509 g/mol. The molecule has 0 aliphatic heterocycles. The van der Waals surface area contributed by atoms with Gasteiger partial charge in [0, 0.05) is 19.8 Å². The highest BCUT2D eigenvalue weighted by Crippen LogP contribution is 2.60. The third kappa shape index (κ3) is 4.66. The predicted molar refractivity (Wildman–Crippen MR) is 87.3 cm³/mol. The highest BCUT2D eigenvalue weighted by molar-refractivity contribution is 5.87. The van der Waals surface area contributed by atoms with Crippen molar-refractivity contribution in [1.82, 2.24) is 5.43 Å². The van der Waals surface area contributed by atoms with Crippen molar-refractivity contribution in [2.75, 3.05) is 19.0 Å². The Labute approximate surface area is 176 Å². The Morgan fingerprint density at radius 1 is 0.758 bits per heavy atom. The van der Waals surface area contributed by atoms with Crippen LogP contribution in [0.2, 0.25) is 0 Å². The number of alkyl halides is 13. The van der Waals surface area contributed by atoms with Crippen LogP contribution >= 0.6 is 0 Å². The van der Waals surface area contributed by atoms with Gasteiger partial charge in [0.15, 0.2) is 0 Å². The molecule has 33 heavy (non-hydrogen) atoms. The lowest BCUT2D eigenvalue weighted by atomic mass is 9.93. The van der Waals surface area contributed by atoms with Crippen molar-refractivity contribution in [1.29, 1.82) is 0 Å². The summed E-state index contributed by atoms with van der Waals surface area (Å²) in [5, 5.41) is 2.72. The van der Waals surface area contributed by atoms with Gasteiger partial charge < -0.3 is 4.90 Å². The number of halogens is 13. The number of nitrogens with zero attached hydrogens (tertiary/aromatic N) is 2. The predicted octanol–water partition coefficient (Wildman–Crippen LogP) is 4.94. The third-order valence-electron chi connectivity index (χ3n) is 4.01. The summed E-state index contributed by atoms with van der Waals surface area (Å²) in [5.41, 5.74) is 1.25. The van der Waals surface area contributed by atoms with E-state index in [1.807, 2.05) is 0 Å². The molecule has 1 aromatic rings. The van der Waals surface area contributed by atoms with Crippen LogP contribution in [0.15, 0.2) is 29.4 Å². The lowest BCUT2D eigenvalue weighted by Gasteiger charge is -2.38. The van der Waals surface area contributed by atoms with Crippen molar-refractivity contribution in [2.45, 2.75) is 35.8 Å². The zero-order chi connectivity index (χ0) is 26.3. The second kappa shape index (κ2) is 8.55. The highest BCUT2D eigenvalue weighted by atomic mass is 19.4. The molecule has 0 aromatic heterocycles. The van der Waals surface area contributed by atoms with E-state index in [0.29, 0.717) is 17.3 Å². The number of hydrazone groups is 1. The first-order chi connectivity index (χ1) is 14.6. The van der Waals surface area contributed by atoms with E-state index in [0.717, 1.165) is 0 Å². The van der Waals surface area contributed by atoms with Gasteiger partial charge in [-0.2, -0.15) is 62.2 Å². The molecule has 0 saturated heterocycles. The second-order valence-electron chi connectivity index (χ2n) is 6.55. The lowest BCUT2D eigenvalue weighted by molar-refractivity contribution is -0.436. The van der Waals surface area contributed by atoms with Gasteiger partial charge in [0.2, 0.25) is 0 Å². The van der Waals surface area contributed by atoms with Crippen molar-refractivity contribution in [3.05, 3.63) is 29.8 Å². The number of hydrogen-bond acceptors (Lipinski definition) is 3. The van der Waals surface area contributed by atoms with Crippen LogP contribution in [0, 0.1) is 0 Å². The molecule has 0 bridgehead atoms.